The minimum atomic E-state index is 0.207. The van der Waals surface area contributed by atoms with Crippen LogP contribution in [0.15, 0.2) is 36.4 Å². The average molecular weight is 262 g/mol. The molecule has 0 aromatic heterocycles. The number of carbonyl (C=O) groups excluding carboxylic acids is 1. The van der Waals surface area contributed by atoms with Gasteiger partial charge in [0.05, 0.1) is 0 Å². The lowest BCUT2D eigenvalue weighted by atomic mass is 9.76. The SMILES string of the molecule is CC(=O)c1cc2c(cc1C1CCC1)Cc1ccccc1-2. The monoisotopic (exact) mass is 262 g/mol. The molecule has 1 nitrogen and oxygen atoms in total. The van der Waals surface area contributed by atoms with Crippen molar-refractivity contribution in [3.05, 3.63) is 58.7 Å². The summed E-state index contributed by atoms with van der Waals surface area (Å²) < 4.78 is 0. The Morgan fingerprint density at radius 3 is 2.55 bits per heavy atom. The van der Waals surface area contributed by atoms with Gasteiger partial charge in [0.15, 0.2) is 5.78 Å². The topological polar surface area (TPSA) is 17.1 Å². The number of Topliss-reactive ketones (excluding diaryl/α,β-unsaturated/α-hetero) is 1. The van der Waals surface area contributed by atoms with E-state index in [1.807, 2.05) is 0 Å². The van der Waals surface area contributed by atoms with Crippen molar-refractivity contribution in [2.75, 3.05) is 0 Å². The molecule has 0 atom stereocenters. The quantitative estimate of drug-likeness (QED) is 0.610. The van der Waals surface area contributed by atoms with Crippen LogP contribution >= 0.6 is 0 Å². The molecular weight excluding hydrogens is 244 g/mol. The van der Waals surface area contributed by atoms with Crippen LogP contribution in [-0.4, -0.2) is 5.78 Å². The summed E-state index contributed by atoms with van der Waals surface area (Å²) >= 11 is 0. The van der Waals surface area contributed by atoms with Crippen molar-refractivity contribution in [2.45, 2.75) is 38.5 Å². The summed E-state index contributed by atoms with van der Waals surface area (Å²) in [4.78, 5) is 12.0. The summed E-state index contributed by atoms with van der Waals surface area (Å²) in [6, 6.07) is 13.0. The molecule has 100 valence electrons. The van der Waals surface area contributed by atoms with Crippen molar-refractivity contribution in [1.29, 1.82) is 0 Å². The van der Waals surface area contributed by atoms with Crippen LogP contribution in [0.1, 0.15) is 59.2 Å². The van der Waals surface area contributed by atoms with Gasteiger partial charge >= 0.3 is 0 Å². The second-order valence-electron chi connectivity index (χ2n) is 6.11. The van der Waals surface area contributed by atoms with E-state index in [1.165, 1.54) is 47.1 Å². The molecule has 0 bridgehead atoms. The molecular formula is C19H18O. The molecule has 0 N–H and O–H groups in total. The van der Waals surface area contributed by atoms with Gasteiger partial charge in [-0.2, -0.15) is 0 Å². The highest BCUT2D eigenvalue weighted by molar-refractivity contribution is 5.98. The fraction of sp³-hybridized carbons (Fsp3) is 0.316. The first kappa shape index (κ1) is 11.9. The van der Waals surface area contributed by atoms with Crippen LogP contribution < -0.4 is 0 Å². The van der Waals surface area contributed by atoms with E-state index in [2.05, 4.69) is 36.4 Å². The molecule has 0 amide bonds. The van der Waals surface area contributed by atoms with Gasteiger partial charge in [0.2, 0.25) is 0 Å². The highest BCUT2D eigenvalue weighted by Crippen LogP contribution is 2.43. The van der Waals surface area contributed by atoms with Gasteiger partial charge in [-0.05, 0) is 66.0 Å². The number of rotatable bonds is 2. The molecule has 0 saturated heterocycles. The fourth-order valence-corrected chi connectivity index (χ4v) is 3.56. The van der Waals surface area contributed by atoms with Gasteiger partial charge in [0.25, 0.3) is 0 Å². The summed E-state index contributed by atoms with van der Waals surface area (Å²) in [5.41, 5.74) is 7.63. The molecule has 0 spiro atoms. The fourth-order valence-electron chi connectivity index (χ4n) is 3.56. The lowest BCUT2D eigenvalue weighted by Gasteiger charge is -2.28. The van der Waals surface area contributed by atoms with Gasteiger partial charge in [0.1, 0.15) is 0 Å². The van der Waals surface area contributed by atoms with E-state index in [4.69, 9.17) is 0 Å². The van der Waals surface area contributed by atoms with Gasteiger partial charge in [0, 0.05) is 5.56 Å². The third-order valence-corrected chi connectivity index (χ3v) is 4.89. The zero-order valence-corrected chi connectivity index (χ0v) is 11.8. The van der Waals surface area contributed by atoms with E-state index in [1.54, 1.807) is 6.92 Å². The van der Waals surface area contributed by atoms with Crippen molar-refractivity contribution in [3.63, 3.8) is 0 Å². The first-order valence-electron chi connectivity index (χ1n) is 7.50. The van der Waals surface area contributed by atoms with E-state index in [-0.39, 0.29) is 5.78 Å². The second-order valence-corrected chi connectivity index (χ2v) is 6.11. The maximum Gasteiger partial charge on any atom is 0.160 e. The van der Waals surface area contributed by atoms with Crippen LogP contribution in [0.2, 0.25) is 0 Å². The molecule has 2 aromatic rings. The van der Waals surface area contributed by atoms with E-state index in [0.717, 1.165) is 12.0 Å². The summed E-state index contributed by atoms with van der Waals surface area (Å²) in [5, 5.41) is 0. The molecule has 0 aliphatic heterocycles. The Hall–Kier alpha value is -1.89. The lowest BCUT2D eigenvalue weighted by Crippen LogP contribution is -2.13. The normalized spacial score (nSPS) is 16.4. The van der Waals surface area contributed by atoms with Crippen LogP contribution in [-0.2, 0) is 6.42 Å². The molecule has 2 aliphatic rings. The molecule has 0 radical (unpaired) electrons. The van der Waals surface area contributed by atoms with Crippen LogP contribution in [0.5, 0.6) is 0 Å². The Morgan fingerprint density at radius 1 is 1.05 bits per heavy atom. The van der Waals surface area contributed by atoms with E-state index in [9.17, 15) is 4.79 Å². The highest BCUT2D eigenvalue weighted by atomic mass is 16.1. The summed E-state index contributed by atoms with van der Waals surface area (Å²) in [7, 11) is 0. The number of benzene rings is 2. The largest absolute Gasteiger partial charge is 0.295 e. The molecule has 2 aromatic carbocycles. The molecule has 20 heavy (non-hydrogen) atoms. The number of hydrogen-bond acceptors (Lipinski definition) is 1. The van der Waals surface area contributed by atoms with Gasteiger partial charge in [-0.3, -0.25) is 4.79 Å². The Kier molecular flexibility index (Phi) is 2.56. The number of fused-ring (bicyclic) bond motifs is 3. The van der Waals surface area contributed by atoms with E-state index in [0.29, 0.717) is 5.92 Å². The first-order valence-corrected chi connectivity index (χ1v) is 7.50. The molecule has 4 rings (SSSR count). The molecule has 1 heteroatoms. The summed E-state index contributed by atoms with van der Waals surface area (Å²) in [6.45, 7) is 1.70. The standard InChI is InChI=1S/C19H18O/c1-12(20)17-11-19-15(10-18(17)13-6-4-7-13)9-14-5-2-3-8-16(14)19/h2-3,5,8,10-11,13H,4,6-7,9H2,1H3. The molecule has 1 saturated carbocycles. The maximum absolute atomic E-state index is 12.0. The van der Waals surface area contributed by atoms with Crippen LogP contribution in [0.4, 0.5) is 0 Å². The summed E-state index contributed by atoms with van der Waals surface area (Å²) in [6.07, 6.45) is 4.81. The Morgan fingerprint density at radius 2 is 1.85 bits per heavy atom. The van der Waals surface area contributed by atoms with E-state index < -0.39 is 0 Å². The Labute approximate surface area is 119 Å². The number of ketones is 1. The second kappa shape index (κ2) is 4.31. The van der Waals surface area contributed by atoms with Crippen LogP contribution in [0.25, 0.3) is 11.1 Å². The Bertz CT molecular complexity index is 708. The minimum absolute atomic E-state index is 0.207. The third-order valence-electron chi connectivity index (χ3n) is 4.89. The van der Waals surface area contributed by atoms with Gasteiger partial charge in [-0.1, -0.05) is 36.8 Å². The highest BCUT2D eigenvalue weighted by Gasteiger charge is 2.27. The van der Waals surface area contributed by atoms with Crippen molar-refractivity contribution < 1.29 is 4.79 Å². The van der Waals surface area contributed by atoms with Crippen molar-refractivity contribution in [1.82, 2.24) is 0 Å². The number of hydrogen-bond donors (Lipinski definition) is 0. The molecule has 2 aliphatic carbocycles. The Balaban J connectivity index is 1.90. The van der Waals surface area contributed by atoms with Gasteiger partial charge in [-0.15, -0.1) is 0 Å². The van der Waals surface area contributed by atoms with Crippen molar-refractivity contribution >= 4 is 5.78 Å². The third kappa shape index (κ3) is 1.66. The molecule has 0 unspecified atom stereocenters. The first-order chi connectivity index (χ1) is 9.74. The van der Waals surface area contributed by atoms with Crippen LogP contribution in [0, 0.1) is 0 Å². The van der Waals surface area contributed by atoms with Crippen molar-refractivity contribution in [3.8, 4) is 11.1 Å². The van der Waals surface area contributed by atoms with Crippen LogP contribution in [0.3, 0.4) is 0 Å². The van der Waals surface area contributed by atoms with Crippen molar-refractivity contribution in [2.24, 2.45) is 0 Å². The molecule has 1 fully saturated rings. The zero-order chi connectivity index (χ0) is 13.7. The minimum Gasteiger partial charge on any atom is -0.295 e. The lowest BCUT2D eigenvalue weighted by molar-refractivity contribution is 0.101. The van der Waals surface area contributed by atoms with Gasteiger partial charge in [-0.25, -0.2) is 0 Å². The maximum atomic E-state index is 12.0. The predicted molar refractivity (Wildman–Crippen MR) is 81.3 cm³/mol. The van der Waals surface area contributed by atoms with E-state index >= 15 is 0 Å². The summed E-state index contributed by atoms with van der Waals surface area (Å²) in [5.74, 6) is 0.821. The predicted octanol–water partition coefficient (Wildman–Crippen LogP) is 4.73. The zero-order valence-electron chi connectivity index (χ0n) is 11.8. The smallest absolute Gasteiger partial charge is 0.160 e. The molecule has 0 heterocycles. The average Bonchev–Trinajstić information content (AvgIpc) is 2.73. The van der Waals surface area contributed by atoms with Gasteiger partial charge < -0.3 is 0 Å². The number of carbonyl (C=O) groups is 1.